The number of fused-ring (bicyclic) bond motifs is 8. The number of hydrogen-bond acceptors (Lipinski definition) is 29. The second-order valence-electron chi connectivity index (χ2n) is 26.7. The van der Waals surface area contributed by atoms with E-state index in [0.29, 0.717) is 0 Å². The van der Waals surface area contributed by atoms with Gasteiger partial charge in [-0.2, -0.15) is 0 Å². The number of phenolic OH excluding ortho intramolecular Hbond substituents is 2. The van der Waals surface area contributed by atoms with E-state index in [1.807, 2.05) is 0 Å². The summed E-state index contributed by atoms with van der Waals surface area (Å²) >= 11 is 0. The Labute approximate surface area is 530 Å². The smallest absolute Gasteiger partial charge is 0.316 e. The normalized spacial score (nSPS) is 44.3. The van der Waals surface area contributed by atoms with E-state index < -0.39 is 226 Å². The molecule has 28 atom stereocenters. The fourth-order valence-corrected chi connectivity index (χ4v) is 15.2. The van der Waals surface area contributed by atoms with E-state index in [9.17, 15) is 55.8 Å². The third kappa shape index (κ3) is 11.8. The highest BCUT2D eigenvalue weighted by Crippen LogP contribution is 2.57. The van der Waals surface area contributed by atoms with Gasteiger partial charge in [0.2, 0.25) is 12.1 Å². The lowest BCUT2D eigenvalue weighted by Gasteiger charge is -2.56. The van der Waals surface area contributed by atoms with E-state index >= 15 is 9.59 Å². The summed E-state index contributed by atoms with van der Waals surface area (Å²) in [6.07, 6.45) is -24.6. The molecule has 0 saturated carbocycles. The monoisotopic (exact) mass is 1310 g/mol. The van der Waals surface area contributed by atoms with Gasteiger partial charge in [0.05, 0.1) is 103 Å². The van der Waals surface area contributed by atoms with Gasteiger partial charge in [-0.15, -0.1) is 0 Å². The Hall–Kier alpha value is -4.75. The maximum atomic E-state index is 15.5. The number of phenols is 2. The zero-order valence-electron chi connectivity index (χ0n) is 53.5. The number of aliphatic hydroxyl groups is 6. The van der Waals surface area contributed by atoms with Gasteiger partial charge < -0.3 is 117 Å². The molecule has 30 nitrogen and oxygen atoms in total. The quantitative estimate of drug-likeness (QED) is 0.0604. The van der Waals surface area contributed by atoms with Gasteiger partial charge in [0.15, 0.2) is 37.2 Å². The van der Waals surface area contributed by atoms with Crippen LogP contribution in [0.5, 0.6) is 17.2 Å². The van der Waals surface area contributed by atoms with Gasteiger partial charge in [-0.3, -0.25) is 24.5 Å². The molecular weight excluding hydrogens is 1220 g/mol. The molecule has 9 aliphatic rings. The second-order valence-corrected chi connectivity index (χ2v) is 26.7. The van der Waals surface area contributed by atoms with E-state index in [1.54, 1.807) is 53.6 Å². The lowest BCUT2D eigenvalue weighted by molar-refractivity contribution is -0.594. The number of rotatable bonds is 15. The number of ketones is 2. The number of aliphatic hydroxyl groups excluding tert-OH is 5. The number of likely N-dealkylation sites (N-methyl/N-ethyl adjacent to an activating group) is 1. The molecule has 30 heteroatoms. The molecule has 7 aliphatic heterocycles. The molecule has 2 aliphatic carbocycles. The first-order chi connectivity index (χ1) is 43.3. The van der Waals surface area contributed by atoms with E-state index in [0.717, 1.165) is 7.11 Å². The largest absolute Gasteiger partial charge is 0.507 e. The highest BCUT2D eigenvalue weighted by Gasteiger charge is 2.63. The van der Waals surface area contributed by atoms with Crippen molar-refractivity contribution in [2.75, 3.05) is 35.4 Å². The third-order valence-corrected chi connectivity index (χ3v) is 20.2. The highest BCUT2D eigenvalue weighted by molar-refractivity contribution is 6.31. The van der Waals surface area contributed by atoms with Gasteiger partial charge in [-0.1, -0.05) is 0 Å². The van der Waals surface area contributed by atoms with Crippen molar-refractivity contribution >= 4 is 17.5 Å². The Bertz CT molecular complexity index is 3110. The van der Waals surface area contributed by atoms with Crippen LogP contribution in [0, 0.1) is 10.1 Å². The molecule has 11 rings (SSSR count). The maximum Gasteiger partial charge on any atom is 0.316 e. The fraction of sp³-hybridized carbons (Fsp3) is 0.758. The number of nitro groups is 1. The number of hydrogen-bond donors (Lipinski definition) is 8. The van der Waals surface area contributed by atoms with Crippen LogP contribution >= 0.6 is 0 Å². The summed E-state index contributed by atoms with van der Waals surface area (Å²) < 4.78 is 92.9. The van der Waals surface area contributed by atoms with Gasteiger partial charge >= 0.3 is 5.97 Å². The van der Waals surface area contributed by atoms with Crippen molar-refractivity contribution in [3.8, 4) is 17.2 Å². The van der Waals surface area contributed by atoms with Crippen LogP contribution in [-0.2, 0) is 76.7 Å². The standard InChI is InChI=1S/C62H86N2O28/c1-22-47(68)31(66)16-36(81-22)87-53-24(3)83-38(18-33(53)78-11)86-35-20-61(7,75)45(58(74)80-13)27-14-28-42(49(70)41(27)35)50(71)43-30(65)15-29-55(44(43)48(28)69)91-59-51(72)46(63(9)10)57(62(29,8)92-59)90-39-19-34(79-12)54(25(4)84-39)88-37-17-32(67)52(23(2)82-37)89-40-21-60(6,64(76)77)56(73)26(5)85-40/h14-15,22-26,31-40,45-47,51-54,56-57,59,65-68,70,72-73,75H,16-21H2,1-13H3. The van der Waals surface area contributed by atoms with E-state index in [1.165, 1.54) is 47.1 Å². The summed E-state index contributed by atoms with van der Waals surface area (Å²) in [5.41, 5.74) is -7.73. The molecule has 512 valence electrons. The summed E-state index contributed by atoms with van der Waals surface area (Å²) in [7, 11) is 7.40. The molecule has 28 unspecified atom stereocenters. The topological polar surface area (TPSA) is 398 Å². The number of benzene rings is 2. The molecule has 6 fully saturated rings. The van der Waals surface area contributed by atoms with E-state index in [2.05, 4.69) is 0 Å². The Morgan fingerprint density at radius 1 is 0.663 bits per heavy atom. The number of carbonyl (C=O) groups excluding carboxylic acids is 3. The predicted molar refractivity (Wildman–Crippen MR) is 309 cm³/mol. The van der Waals surface area contributed by atoms with Crippen LogP contribution in [0.25, 0.3) is 0 Å². The van der Waals surface area contributed by atoms with Gasteiger partial charge in [-0.05, 0) is 80.3 Å². The molecule has 2 aromatic carbocycles. The zero-order valence-corrected chi connectivity index (χ0v) is 53.5. The van der Waals surface area contributed by atoms with Gasteiger partial charge in [0.25, 0.3) is 5.54 Å². The third-order valence-electron chi connectivity index (χ3n) is 20.2. The van der Waals surface area contributed by atoms with Crippen LogP contribution in [0.3, 0.4) is 0 Å². The molecule has 0 amide bonds. The lowest BCUT2D eigenvalue weighted by Crippen LogP contribution is -2.70. The number of nitrogens with zero attached hydrogens (tertiary/aromatic N) is 2. The molecule has 2 aromatic rings. The van der Waals surface area contributed by atoms with Gasteiger partial charge in [0, 0.05) is 74.9 Å². The Morgan fingerprint density at radius 3 is 1.76 bits per heavy atom. The summed E-state index contributed by atoms with van der Waals surface area (Å²) in [5, 5.41) is 104. The fourth-order valence-electron chi connectivity index (χ4n) is 15.2. The van der Waals surface area contributed by atoms with Crippen LogP contribution in [0.4, 0.5) is 0 Å². The Balaban J connectivity index is 0.850. The van der Waals surface area contributed by atoms with Crippen molar-refractivity contribution in [1.29, 1.82) is 0 Å². The summed E-state index contributed by atoms with van der Waals surface area (Å²) in [6.45, 7) is 12.4. The van der Waals surface area contributed by atoms with Crippen molar-refractivity contribution in [1.82, 2.24) is 4.90 Å². The predicted octanol–water partition coefficient (Wildman–Crippen LogP) is 1.32. The second kappa shape index (κ2) is 25.7. The van der Waals surface area contributed by atoms with Crippen LogP contribution in [-0.4, -0.2) is 256 Å². The molecular formula is C62H86N2O28. The van der Waals surface area contributed by atoms with E-state index in [4.69, 9.17) is 71.1 Å². The van der Waals surface area contributed by atoms with Crippen molar-refractivity contribution < 1.29 is 131 Å². The van der Waals surface area contributed by atoms with E-state index in [-0.39, 0.29) is 61.0 Å². The Morgan fingerprint density at radius 2 is 1.21 bits per heavy atom. The first kappa shape index (κ1) is 68.6. The number of methoxy groups -OCH3 is 3. The minimum absolute atomic E-state index is 0.00445. The SMILES string of the molecule is COC(=O)C1c2cc3c(c(O)c2C(OC2CC(OC)C(OC4CC(O)C(O)C(C)O4)C(C)O2)CC1(C)O)C(=O)c1c(O)cc2c(c1C3=O)OC1OC2(C)C(OC2CC(OC)C(OC3CC(O)C(OC4CC(C)([N+](=O)[O-])C(O)C(C)O4)C(C)O3)C(C)O2)C(N(C)C)C1O. The minimum atomic E-state index is -1.99. The summed E-state index contributed by atoms with van der Waals surface area (Å²) in [6, 6.07) is 1.46. The Kier molecular flexibility index (Phi) is 19.2. The molecule has 0 spiro atoms. The van der Waals surface area contributed by atoms with Crippen LogP contribution < -0.4 is 4.74 Å². The van der Waals surface area contributed by atoms with Crippen LogP contribution in [0.2, 0.25) is 0 Å². The van der Waals surface area contributed by atoms with Gasteiger partial charge in [0.1, 0.15) is 71.5 Å². The average molecular weight is 1310 g/mol. The lowest BCUT2D eigenvalue weighted by atomic mass is 9.68. The van der Waals surface area contributed by atoms with Crippen molar-refractivity contribution in [2.24, 2.45) is 0 Å². The van der Waals surface area contributed by atoms with Crippen molar-refractivity contribution in [3.63, 3.8) is 0 Å². The molecule has 6 saturated heterocycles. The summed E-state index contributed by atoms with van der Waals surface area (Å²) in [5.74, 6) is -6.27. The average Bonchev–Trinajstić information content (AvgIpc) is 0.694. The molecule has 92 heavy (non-hydrogen) atoms. The number of ether oxygens (including phenoxy) is 15. The highest BCUT2D eigenvalue weighted by atomic mass is 16.8. The maximum absolute atomic E-state index is 15.5. The van der Waals surface area contributed by atoms with Crippen molar-refractivity contribution in [2.45, 2.75) is 264 Å². The minimum Gasteiger partial charge on any atom is -0.507 e. The van der Waals surface area contributed by atoms with Gasteiger partial charge in [-0.25, -0.2) is 0 Å². The van der Waals surface area contributed by atoms with Crippen LogP contribution in [0.15, 0.2) is 12.1 Å². The first-order valence-electron chi connectivity index (χ1n) is 31.1. The molecule has 7 heterocycles. The molecule has 0 aromatic heterocycles. The summed E-state index contributed by atoms with van der Waals surface area (Å²) in [4.78, 5) is 57.7. The molecule has 0 radical (unpaired) electrons. The molecule has 8 N–H and O–H groups in total. The van der Waals surface area contributed by atoms with Crippen molar-refractivity contribution in [3.05, 3.63) is 61.2 Å². The van der Waals surface area contributed by atoms with Crippen LogP contribution in [0.1, 0.15) is 154 Å². The zero-order chi connectivity index (χ0) is 66.9. The number of carbonyl (C=O) groups is 3. The number of esters is 1. The molecule has 2 bridgehead atoms. The first-order valence-corrected chi connectivity index (χ1v) is 31.1. The number of aromatic hydroxyl groups is 2.